The zero-order chi connectivity index (χ0) is 15.6. The van der Waals surface area contributed by atoms with Gasteiger partial charge in [-0.25, -0.2) is 0 Å². The molecular formula is C16H16Br2ClNO. The summed E-state index contributed by atoms with van der Waals surface area (Å²) >= 11 is 13.3. The number of halogens is 3. The summed E-state index contributed by atoms with van der Waals surface area (Å²) in [5.74, 6) is 0.853. The van der Waals surface area contributed by atoms with E-state index in [4.69, 9.17) is 16.3 Å². The molecule has 1 N–H and O–H groups in total. The van der Waals surface area contributed by atoms with E-state index in [1.165, 1.54) is 0 Å². The van der Waals surface area contributed by atoms with Gasteiger partial charge in [0.05, 0.1) is 13.2 Å². The van der Waals surface area contributed by atoms with Crippen LogP contribution in [0.1, 0.15) is 22.7 Å². The number of nitrogens with one attached hydrogen (secondary N) is 1. The van der Waals surface area contributed by atoms with Gasteiger partial charge in [0.1, 0.15) is 5.75 Å². The zero-order valence-corrected chi connectivity index (χ0v) is 15.9. The first-order chi connectivity index (χ1) is 9.96. The summed E-state index contributed by atoms with van der Waals surface area (Å²) in [5.41, 5.74) is 3.27. The first-order valence-corrected chi connectivity index (χ1v) is 8.40. The Bertz CT molecular complexity index is 641. The Morgan fingerprint density at radius 1 is 1.14 bits per heavy atom. The molecule has 21 heavy (non-hydrogen) atoms. The maximum absolute atomic E-state index is 6.17. The molecule has 5 heteroatoms. The first kappa shape index (κ1) is 16.8. The maximum Gasteiger partial charge on any atom is 0.124 e. The molecule has 0 fully saturated rings. The highest BCUT2D eigenvalue weighted by Gasteiger charge is 2.19. The van der Waals surface area contributed by atoms with Crippen LogP contribution in [-0.4, -0.2) is 14.2 Å². The van der Waals surface area contributed by atoms with Crippen molar-refractivity contribution in [1.82, 2.24) is 5.32 Å². The van der Waals surface area contributed by atoms with Crippen LogP contribution in [0, 0.1) is 6.92 Å². The van der Waals surface area contributed by atoms with Crippen molar-refractivity contribution in [1.29, 1.82) is 0 Å². The molecule has 0 amide bonds. The molecule has 112 valence electrons. The normalized spacial score (nSPS) is 12.3. The number of aryl methyl sites for hydroxylation is 1. The van der Waals surface area contributed by atoms with Crippen molar-refractivity contribution in [3.63, 3.8) is 0 Å². The first-order valence-electron chi connectivity index (χ1n) is 6.43. The highest BCUT2D eigenvalue weighted by atomic mass is 79.9. The van der Waals surface area contributed by atoms with Gasteiger partial charge in [0, 0.05) is 19.5 Å². The second kappa shape index (κ2) is 7.14. The minimum atomic E-state index is -0.00755. The highest BCUT2D eigenvalue weighted by molar-refractivity contribution is 9.10. The van der Waals surface area contributed by atoms with Gasteiger partial charge in [-0.1, -0.05) is 43.5 Å². The third-order valence-electron chi connectivity index (χ3n) is 3.33. The average Bonchev–Trinajstić information content (AvgIpc) is 2.42. The summed E-state index contributed by atoms with van der Waals surface area (Å²) in [5, 5.41) is 4.03. The van der Waals surface area contributed by atoms with E-state index < -0.39 is 0 Å². The van der Waals surface area contributed by atoms with Gasteiger partial charge in [0.2, 0.25) is 0 Å². The van der Waals surface area contributed by atoms with Gasteiger partial charge in [0.25, 0.3) is 0 Å². The van der Waals surface area contributed by atoms with E-state index in [2.05, 4.69) is 49.3 Å². The number of hydrogen-bond donors (Lipinski definition) is 1. The van der Waals surface area contributed by atoms with Crippen LogP contribution in [0.3, 0.4) is 0 Å². The molecule has 0 radical (unpaired) electrons. The molecule has 1 unspecified atom stereocenters. The smallest absolute Gasteiger partial charge is 0.124 e. The van der Waals surface area contributed by atoms with Crippen LogP contribution in [0.5, 0.6) is 5.75 Å². The third kappa shape index (κ3) is 3.81. The fourth-order valence-electron chi connectivity index (χ4n) is 2.32. The van der Waals surface area contributed by atoms with Crippen molar-refractivity contribution in [3.05, 3.63) is 61.0 Å². The van der Waals surface area contributed by atoms with Crippen LogP contribution in [-0.2, 0) is 0 Å². The van der Waals surface area contributed by atoms with Crippen LogP contribution < -0.4 is 10.1 Å². The minimum absolute atomic E-state index is 0.00755. The van der Waals surface area contributed by atoms with Crippen LogP contribution in [0.15, 0.2) is 39.3 Å². The molecule has 0 aromatic heterocycles. The number of rotatable bonds is 4. The summed E-state index contributed by atoms with van der Waals surface area (Å²) in [6, 6.07) is 10.0. The van der Waals surface area contributed by atoms with Crippen molar-refractivity contribution in [3.8, 4) is 5.75 Å². The molecule has 2 aromatic carbocycles. The van der Waals surface area contributed by atoms with Gasteiger partial charge >= 0.3 is 0 Å². The van der Waals surface area contributed by atoms with E-state index in [0.717, 1.165) is 31.4 Å². The lowest BCUT2D eigenvalue weighted by Crippen LogP contribution is -2.18. The van der Waals surface area contributed by atoms with E-state index >= 15 is 0 Å². The number of methoxy groups -OCH3 is 1. The van der Waals surface area contributed by atoms with Gasteiger partial charge < -0.3 is 10.1 Å². The molecule has 0 aliphatic heterocycles. The van der Waals surface area contributed by atoms with Gasteiger partial charge in [0.15, 0.2) is 0 Å². The molecule has 0 spiro atoms. The molecule has 0 heterocycles. The zero-order valence-electron chi connectivity index (χ0n) is 12.0. The fourth-order valence-corrected chi connectivity index (χ4v) is 3.56. The summed E-state index contributed by atoms with van der Waals surface area (Å²) < 4.78 is 7.55. The Balaban J connectivity index is 2.58. The summed E-state index contributed by atoms with van der Waals surface area (Å²) in [4.78, 5) is 0. The van der Waals surface area contributed by atoms with Crippen molar-refractivity contribution < 1.29 is 4.74 Å². The van der Waals surface area contributed by atoms with E-state index in [1.54, 1.807) is 7.11 Å². The summed E-state index contributed by atoms with van der Waals surface area (Å²) in [7, 11) is 3.61. The average molecular weight is 434 g/mol. The molecule has 2 rings (SSSR count). The van der Waals surface area contributed by atoms with Crippen LogP contribution in [0.2, 0.25) is 5.02 Å². The number of hydrogen-bond acceptors (Lipinski definition) is 2. The Kier molecular flexibility index (Phi) is 5.72. The molecule has 0 saturated carbocycles. The van der Waals surface area contributed by atoms with Gasteiger partial charge in [-0.3, -0.25) is 0 Å². The van der Waals surface area contributed by atoms with Crippen molar-refractivity contribution >= 4 is 43.5 Å². The Labute approximate surface area is 147 Å². The highest BCUT2D eigenvalue weighted by Crippen LogP contribution is 2.35. The minimum Gasteiger partial charge on any atom is -0.496 e. The predicted molar refractivity (Wildman–Crippen MR) is 95.5 cm³/mol. The van der Waals surface area contributed by atoms with Gasteiger partial charge in [-0.2, -0.15) is 0 Å². The quantitative estimate of drug-likeness (QED) is 0.688. The number of ether oxygens (including phenoxy) is 1. The van der Waals surface area contributed by atoms with E-state index in [0.29, 0.717) is 5.02 Å². The van der Waals surface area contributed by atoms with E-state index in [-0.39, 0.29) is 6.04 Å². The molecule has 0 bridgehead atoms. The second-order valence-electron chi connectivity index (χ2n) is 4.77. The predicted octanol–water partition coefficient (Wildman–Crippen LogP) is 5.49. The lowest BCUT2D eigenvalue weighted by Gasteiger charge is -2.21. The molecular weight excluding hydrogens is 417 g/mol. The molecule has 0 aliphatic rings. The Morgan fingerprint density at radius 3 is 2.43 bits per heavy atom. The van der Waals surface area contributed by atoms with E-state index in [1.807, 2.05) is 32.2 Å². The molecule has 2 nitrogen and oxygen atoms in total. The monoisotopic (exact) mass is 431 g/mol. The van der Waals surface area contributed by atoms with Crippen LogP contribution >= 0.6 is 43.5 Å². The Morgan fingerprint density at radius 2 is 1.86 bits per heavy atom. The maximum atomic E-state index is 6.17. The molecule has 0 aliphatic carbocycles. The van der Waals surface area contributed by atoms with Gasteiger partial charge in [-0.05, 0) is 55.4 Å². The largest absolute Gasteiger partial charge is 0.496 e. The Hall–Kier alpha value is -0.550. The molecule has 2 aromatic rings. The van der Waals surface area contributed by atoms with Crippen molar-refractivity contribution in [2.45, 2.75) is 13.0 Å². The second-order valence-corrected chi connectivity index (χ2v) is 6.97. The topological polar surface area (TPSA) is 21.3 Å². The fraction of sp³-hybridized carbons (Fsp3) is 0.250. The number of benzene rings is 2. The van der Waals surface area contributed by atoms with E-state index in [9.17, 15) is 0 Å². The van der Waals surface area contributed by atoms with Crippen molar-refractivity contribution in [2.75, 3.05) is 14.2 Å². The van der Waals surface area contributed by atoms with Crippen molar-refractivity contribution in [2.24, 2.45) is 0 Å². The lowest BCUT2D eigenvalue weighted by molar-refractivity contribution is 0.405. The van der Waals surface area contributed by atoms with Crippen LogP contribution in [0.4, 0.5) is 0 Å². The third-order valence-corrected chi connectivity index (χ3v) is 4.86. The molecule has 0 saturated heterocycles. The van der Waals surface area contributed by atoms with Gasteiger partial charge in [-0.15, -0.1) is 0 Å². The van der Waals surface area contributed by atoms with Crippen LogP contribution in [0.25, 0.3) is 0 Å². The summed E-state index contributed by atoms with van der Waals surface area (Å²) in [6.07, 6.45) is 0. The molecule has 1 atom stereocenters. The SMILES string of the molecule is CNC(c1cc(Cl)cc(Br)c1)c1cc(Br)c(C)cc1OC. The standard InChI is InChI=1S/C16H16Br2ClNO/c1-9-4-15(21-3)13(8-14(9)18)16(20-2)10-5-11(17)7-12(19)6-10/h4-8,16,20H,1-3H3. The lowest BCUT2D eigenvalue weighted by atomic mass is 9.97. The summed E-state index contributed by atoms with van der Waals surface area (Å²) in [6.45, 7) is 2.04.